The molecule has 2 aliphatic heterocycles. The molecule has 5 nitrogen and oxygen atoms in total. The molecule has 0 aromatic heterocycles. The predicted octanol–water partition coefficient (Wildman–Crippen LogP) is 5.58. The lowest BCUT2D eigenvalue weighted by Crippen LogP contribution is -2.51. The average Bonchev–Trinajstić information content (AvgIpc) is 2.78. The van der Waals surface area contributed by atoms with Gasteiger partial charge in [-0.2, -0.15) is 17.6 Å². The molecule has 1 aromatic rings. The zero-order valence-electron chi connectivity index (χ0n) is 18.3. The second kappa shape index (κ2) is 11.2. The maximum Gasteiger partial charge on any atom is 0.451 e. The van der Waals surface area contributed by atoms with Crippen molar-refractivity contribution >= 4 is 0 Å². The van der Waals surface area contributed by atoms with Crippen LogP contribution in [0.3, 0.4) is 0 Å². The molecule has 2 saturated heterocycles. The molecule has 2 aliphatic rings. The lowest BCUT2D eigenvalue weighted by atomic mass is 9.95. The molecule has 34 heavy (non-hydrogen) atoms. The highest BCUT2D eigenvalue weighted by Gasteiger charge is 2.50. The Morgan fingerprint density at radius 2 is 1.59 bits per heavy atom. The lowest BCUT2D eigenvalue weighted by Gasteiger charge is -2.37. The Morgan fingerprint density at radius 1 is 0.941 bits per heavy atom. The van der Waals surface area contributed by atoms with E-state index in [4.69, 9.17) is 18.9 Å². The first-order valence-corrected chi connectivity index (χ1v) is 10.7. The quantitative estimate of drug-likeness (QED) is 0.251. The normalized spacial score (nSPS) is 26.7. The molecule has 2 heterocycles. The van der Waals surface area contributed by atoms with Crippen LogP contribution in [0.4, 0.5) is 30.7 Å². The summed E-state index contributed by atoms with van der Waals surface area (Å²) in [4.78, 5) is 0. The molecular formula is C22H25F7O5. The van der Waals surface area contributed by atoms with Gasteiger partial charge < -0.3 is 23.7 Å². The SMILES string of the molecule is C/C=C/CCC1CCC(C(F)(F)OC2COC(C(F)(F)Oc3cc(F)c(F)c(F)c3)OC2)CO1. The summed E-state index contributed by atoms with van der Waals surface area (Å²) in [6.07, 6.45) is -5.71. The molecule has 1 aromatic carbocycles. The summed E-state index contributed by atoms with van der Waals surface area (Å²) >= 11 is 0. The predicted molar refractivity (Wildman–Crippen MR) is 104 cm³/mol. The minimum Gasteiger partial charge on any atom is -0.429 e. The average molecular weight is 502 g/mol. The van der Waals surface area contributed by atoms with Crippen LogP contribution in [-0.2, 0) is 18.9 Å². The zero-order valence-corrected chi connectivity index (χ0v) is 18.3. The third-order valence-corrected chi connectivity index (χ3v) is 5.41. The Labute approximate surface area is 191 Å². The number of hydrogen-bond acceptors (Lipinski definition) is 5. The van der Waals surface area contributed by atoms with Crippen molar-refractivity contribution in [2.24, 2.45) is 5.92 Å². The summed E-state index contributed by atoms with van der Waals surface area (Å²) in [5.41, 5.74) is 0. The molecule has 0 N–H and O–H groups in total. The van der Waals surface area contributed by atoms with Crippen LogP contribution in [-0.4, -0.2) is 50.5 Å². The Kier molecular flexibility index (Phi) is 8.82. The topological polar surface area (TPSA) is 46.2 Å². The van der Waals surface area contributed by atoms with E-state index >= 15 is 0 Å². The molecule has 0 radical (unpaired) electrons. The summed E-state index contributed by atoms with van der Waals surface area (Å²) in [6.45, 7) is 0.329. The molecule has 12 heteroatoms. The summed E-state index contributed by atoms with van der Waals surface area (Å²) in [5, 5.41) is 0. The van der Waals surface area contributed by atoms with Crippen molar-refractivity contribution in [3.63, 3.8) is 0 Å². The van der Waals surface area contributed by atoms with E-state index in [2.05, 4.69) is 4.74 Å². The third-order valence-electron chi connectivity index (χ3n) is 5.41. The molecular weight excluding hydrogens is 477 g/mol. The van der Waals surface area contributed by atoms with Crippen molar-refractivity contribution in [1.82, 2.24) is 0 Å². The number of hydrogen-bond donors (Lipinski definition) is 0. The maximum absolute atomic E-state index is 14.6. The molecule has 0 bridgehead atoms. The second-order valence-corrected chi connectivity index (χ2v) is 8.04. The van der Waals surface area contributed by atoms with E-state index in [1.54, 1.807) is 0 Å². The molecule has 2 fully saturated rings. The summed E-state index contributed by atoms with van der Waals surface area (Å²) in [5.74, 6) is -7.55. The number of ether oxygens (including phenoxy) is 5. The van der Waals surface area contributed by atoms with E-state index in [9.17, 15) is 30.7 Å². The van der Waals surface area contributed by atoms with Gasteiger partial charge in [-0.1, -0.05) is 12.2 Å². The van der Waals surface area contributed by atoms with E-state index in [0.29, 0.717) is 6.42 Å². The number of halogens is 7. The van der Waals surface area contributed by atoms with E-state index in [-0.39, 0.29) is 31.3 Å². The van der Waals surface area contributed by atoms with Gasteiger partial charge in [0.05, 0.1) is 31.8 Å². The van der Waals surface area contributed by atoms with Crippen LogP contribution in [0.25, 0.3) is 0 Å². The summed E-state index contributed by atoms with van der Waals surface area (Å²) in [7, 11) is 0. The zero-order chi connectivity index (χ0) is 24.9. The molecule has 2 atom stereocenters. The van der Waals surface area contributed by atoms with Crippen LogP contribution in [0.15, 0.2) is 24.3 Å². The van der Waals surface area contributed by atoms with Gasteiger partial charge in [0, 0.05) is 12.1 Å². The van der Waals surface area contributed by atoms with Crippen molar-refractivity contribution in [3.8, 4) is 5.75 Å². The maximum atomic E-state index is 14.6. The fourth-order valence-electron chi connectivity index (χ4n) is 3.61. The Bertz CT molecular complexity index is 812. The summed E-state index contributed by atoms with van der Waals surface area (Å²) < 4.78 is 121. The fourth-order valence-corrected chi connectivity index (χ4v) is 3.61. The summed E-state index contributed by atoms with van der Waals surface area (Å²) in [6, 6.07) is 0.442. The van der Waals surface area contributed by atoms with E-state index in [0.717, 1.165) is 12.8 Å². The van der Waals surface area contributed by atoms with Crippen molar-refractivity contribution in [2.75, 3.05) is 19.8 Å². The van der Waals surface area contributed by atoms with Gasteiger partial charge in [-0.25, -0.2) is 13.2 Å². The van der Waals surface area contributed by atoms with Gasteiger partial charge in [0.2, 0.25) is 0 Å². The minimum atomic E-state index is -4.26. The number of rotatable bonds is 9. The largest absolute Gasteiger partial charge is 0.451 e. The molecule has 0 aliphatic carbocycles. The van der Waals surface area contributed by atoms with Gasteiger partial charge in [-0.05, 0) is 32.6 Å². The van der Waals surface area contributed by atoms with Crippen LogP contribution >= 0.6 is 0 Å². The monoisotopic (exact) mass is 502 g/mol. The van der Waals surface area contributed by atoms with Crippen LogP contribution in [0, 0.1) is 23.4 Å². The highest BCUT2D eigenvalue weighted by Crippen LogP contribution is 2.37. The first-order chi connectivity index (χ1) is 16.0. The van der Waals surface area contributed by atoms with Crippen LogP contribution in [0.5, 0.6) is 5.75 Å². The van der Waals surface area contributed by atoms with Crippen LogP contribution < -0.4 is 4.74 Å². The second-order valence-electron chi connectivity index (χ2n) is 8.04. The van der Waals surface area contributed by atoms with Crippen LogP contribution in [0.1, 0.15) is 32.6 Å². The molecule has 2 unspecified atom stereocenters. The lowest BCUT2D eigenvalue weighted by molar-refractivity contribution is -0.382. The number of alkyl halides is 4. The highest BCUT2D eigenvalue weighted by molar-refractivity contribution is 5.25. The molecule has 0 spiro atoms. The molecule has 0 amide bonds. The minimum absolute atomic E-state index is 0.115. The molecule has 0 saturated carbocycles. The van der Waals surface area contributed by atoms with Gasteiger partial charge in [0.25, 0.3) is 6.29 Å². The molecule has 3 rings (SSSR count). The van der Waals surface area contributed by atoms with E-state index < -0.39 is 66.9 Å². The van der Waals surface area contributed by atoms with E-state index in [1.165, 1.54) is 0 Å². The number of allylic oxidation sites excluding steroid dienone is 2. The third kappa shape index (κ3) is 6.83. The fraction of sp³-hybridized carbons (Fsp3) is 0.636. The standard InChI is InChI=1S/C22H25F7O5/c1-2-3-4-5-14-7-6-13(10-30-14)21(26,27)34-16-11-31-20(32-12-16)22(28,29)33-15-8-17(23)19(25)18(24)9-15/h2-3,8-9,13-14,16,20H,4-7,10-12H2,1H3/b3-2+. The van der Waals surface area contributed by atoms with Crippen molar-refractivity contribution in [3.05, 3.63) is 41.7 Å². The van der Waals surface area contributed by atoms with Gasteiger partial charge in [0.15, 0.2) is 17.5 Å². The Morgan fingerprint density at radius 3 is 2.15 bits per heavy atom. The Hall–Kier alpha value is -1.89. The van der Waals surface area contributed by atoms with Gasteiger partial charge in [-0.3, -0.25) is 0 Å². The van der Waals surface area contributed by atoms with E-state index in [1.807, 2.05) is 19.1 Å². The highest BCUT2D eigenvalue weighted by atomic mass is 19.3. The van der Waals surface area contributed by atoms with Crippen molar-refractivity contribution in [1.29, 1.82) is 0 Å². The Balaban J connectivity index is 1.47. The van der Waals surface area contributed by atoms with Crippen LogP contribution in [0.2, 0.25) is 0 Å². The van der Waals surface area contributed by atoms with Crippen molar-refractivity contribution < 1.29 is 54.4 Å². The van der Waals surface area contributed by atoms with Gasteiger partial charge in [-0.15, -0.1) is 0 Å². The number of benzene rings is 1. The first kappa shape index (κ1) is 26.7. The van der Waals surface area contributed by atoms with Gasteiger partial charge in [0.1, 0.15) is 11.9 Å². The molecule has 192 valence electrons. The van der Waals surface area contributed by atoms with Crippen molar-refractivity contribution in [2.45, 2.75) is 63.3 Å². The first-order valence-electron chi connectivity index (χ1n) is 10.7. The van der Waals surface area contributed by atoms with Gasteiger partial charge >= 0.3 is 12.2 Å². The smallest absolute Gasteiger partial charge is 0.429 e.